The first-order chi connectivity index (χ1) is 36.1. The van der Waals surface area contributed by atoms with Gasteiger partial charge in [0.05, 0.1) is 12.8 Å². The third-order valence-electron chi connectivity index (χ3n) is 11.1. The molecule has 0 spiro atoms. The van der Waals surface area contributed by atoms with Crippen molar-refractivity contribution < 1.29 is 176 Å². The van der Waals surface area contributed by atoms with Crippen LogP contribution in [0.25, 0.3) is 0 Å². The first kappa shape index (κ1) is 77.9. The molecule has 0 saturated carbocycles. The number of halogens is 32. The molecule has 0 aliphatic rings. The van der Waals surface area contributed by atoms with Gasteiger partial charge in [-0.1, -0.05) is 63.5 Å². The number of aromatic nitrogens is 2. The highest BCUT2D eigenvalue weighted by Crippen LogP contribution is 2.62. The Labute approximate surface area is 441 Å². The molecule has 0 aromatic carbocycles. The summed E-state index contributed by atoms with van der Waals surface area (Å²) in [6, 6.07) is 7.70. The third-order valence-corrected chi connectivity index (χ3v) is 12.2. The van der Waals surface area contributed by atoms with Crippen molar-refractivity contribution in [3.8, 4) is 0 Å². The summed E-state index contributed by atoms with van der Waals surface area (Å²) >= 11 is 0. The molecule has 0 atom stereocenters. The van der Waals surface area contributed by atoms with Crippen LogP contribution in [0.4, 0.5) is 140 Å². The van der Waals surface area contributed by atoms with Gasteiger partial charge in [-0.2, -0.15) is 140 Å². The number of nitrogens with zero attached hydrogens (tertiary/aromatic N) is 2. The Hall–Kier alpha value is -4.12. The van der Waals surface area contributed by atoms with Crippen molar-refractivity contribution in [2.75, 3.05) is 0 Å². The monoisotopic (exact) mass is 1320 g/mol. The van der Waals surface area contributed by atoms with E-state index in [1.54, 1.807) is 0 Å². The predicted octanol–water partition coefficient (Wildman–Crippen LogP) is 14.3. The molecule has 2 aromatic rings. The maximum atomic E-state index is 14.3. The largest absolute Gasteiger partial charge is 0.741 e. The van der Waals surface area contributed by atoms with Crippen molar-refractivity contribution in [3.63, 3.8) is 0 Å². The second-order valence-corrected chi connectivity index (χ2v) is 19.8. The molecule has 0 aliphatic heterocycles. The highest BCUT2D eigenvalue weighted by atomic mass is 32.2. The molecular formula is C40H40F32N2O6S2. The molecule has 82 heavy (non-hydrogen) atoms. The summed E-state index contributed by atoms with van der Waals surface area (Å²) in [4.78, 5) is 0. The van der Waals surface area contributed by atoms with Crippen molar-refractivity contribution >= 4 is 20.2 Å². The zero-order valence-corrected chi connectivity index (χ0v) is 41.8. The number of aryl methyl sites for hydroxylation is 4. The first-order valence-corrected chi connectivity index (χ1v) is 24.9. The van der Waals surface area contributed by atoms with Crippen LogP contribution < -0.4 is 9.13 Å². The van der Waals surface area contributed by atoms with E-state index in [1.165, 1.54) is 36.4 Å². The van der Waals surface area contributed by atoms with Crippen LogP contribution in [0.15, 0.2) is 48.8 Å². The average Bonchev–Trinajstić information content (AvgIpc) is 3.29. The fourth-order valence-corrected chi connectivity index (χ4v) is 6.38. The molecule has 0 amide bonds. The normalized spacial score (nSPS) is 14.7. The van der Waals surface area contributed by atoms with E-state index in [-0.39, 0.29) is 24.2 Å². The first-order valence-electron chi connectivity index (χ1n) is 22.0. The van der Waals surface area contributed by atoms with E-state index >= 15 is 0 Å². The number of pyridine rings is 2. The lowest BCUT2D eigenvalue weighted by Crippen LogP contribution is -2.70. The van der Waals surface area contributed by atoms with Gasteiger partial charge >= 0.3 is 82.6 Å². The molecule has 0 unspecified atom stereocenters. The molecule has 8 nitrogen and oxygen atoms in total. The van der Waals surface area contributed by atoms with Crippen molar-refractivity contribution in [2.45, 2.75) is 186 Å². The quantitative estimate of drug-likeness (QED) is 0.0289. The van der Waals surface area contributed by atoms with Crippen LogP contribution in [-0.2, 0) is 46.2 Å². The SMILES string of the molecule is FC(F)(F)C(F)(F)C(F)(F)C(F)(F)C(F)(F)C(F)(F)CC[n+]1ccccc1CCCCCCCCCCCCc1cccc[n+]1CCC(F)(F)C(F)(F)C(F)(F)C(F)(F)C(F)(F)C(F)(F)F.O=S(=O)([O-])C(F)(F)F.O=S(=O)([O-])C(F)(F)F. The third kappa shape index (κ3) is 18.2. The summed E-state index contributed by atoms with van der Waals surface area (Å²) < 4.78 is 469. The maximum absolute atomic E-state index is 14.3. The van der Waals surface area contributed by atoms with Gasteiger partial charge in [0.15, 0.2) is 57.1 Å². The lowest BCUT2D eigenvalue weighted by molar-refractivity contribution is -0.707. The van der Waals surface area contributed by atoms with Crippen molar-refractivity contribution in [3.05, 3.63) is 60.2 Å². The molecule has 0 bridgehead atoms. The summed E-state index contributed by atoms with van der Waals surface area (Å²) in [5.74, 6) is -74.5. The van der Waals surface area contributed by atoms with Crippen molar-refractivity contribution in [1.82, 2.24) is 0 Å². The zero-order chi connectivity index (χ0) is 65.3. The molecule has 0 saturated heterocycles. The minimum absolute atomic E-state index is 0.0763. The molecule has 2 rings (SSSR count). The Kier molecular flexibility index (Phi) is 25.7. The van der Waals surface area contributed by atoms with Crippen LogP contribution in [0.3, 0.4) is 0 Å². The molecule has 0 radical (unpaired) electrons. The van der Waals surface area contributed by atoms with Gasteiger partial charge in [0.25, 0.3) is 0 Å². The summed E-state index contributed by atoms with van der Waals surface area (Å²) in [6.07, 6.45) is -12.0. The van der Waals surface area contributed by atoms with E-state index in [9.17, 15) is 140 Å². The van der Waals surface area contributed by atoms with Gasteiger partial charge < -0.3 is 9.11 Å². The molecule has 2 aromatic heterocycles. The second kappa shape index (κ2) is 27.1. The number of rotatable bonds is 27. The van der Waals surface area contributed by atoms with Crippen LogP contribution >= 0.6 is 0 Å². The molecular weight excluding hydrogens is 1280 g/mol. The van der Waals surface area contributed by atoms with Gasteiger partial charge in [0.1, 0.15) is 0 Å². The van der Waals surface area contributed by atoms with Gasteiger partial charge in [-0.15, -0.1) is 0 Å². The topological polar surface area (TPSA) is 122 Å². The van der Waals surface area contributed by atoms with Crippen molar-refractivity contribution in [1.29, 1.82) is 0 Å². The lowest BCUT2D eigenvalue weighted by atomic mass is 9.92. The minimum Gasteiger partial charge on any atom is -0.741 e. The molecule has 0 fully saturated rings. The Bertz CT molecular complexity index is 2370. The molecule has 2 heterocycles. The Morgan fingerprint density at radius 2 is 0.524 bits per heavy atom. The van der Waals surface area contributed by atoms with E-state index in [4.69, 9.17) is 25.9 Å². The average molecular weight is 1320 g/mol. The zero-order valence-electron chi connectivity index (χ0n) is 40.2. The predicted molar refractivity (Wildman–Crippen MR) is 209 cm³/mol. The minimum atomic E-state index is -7.98. The number of alkyl halides is 32. The summed E-state index contributed by atoms with van der Waals surface area (Å²) in [5, 5.41) is 0. The number of hydrogen-bond donors (Lipinski definition) is 0. The van der Waals surface area contributed by atoms with Crippen LogP contribution in [0.5, 0.6) is 0 Å². The highest BCUT2D eigenvalue weighted by molar-refractivity contribution is 7.86. The number of hydrogen-bond acceptors (Lipinski definition) is 6. The lowest BCUT2D eigenvalue weighted by Gasteiger charge is -2.39. The van der Waals surface area contributed by atoms with E-state index in [0.29, 0.717) is 64.2 Å². The van der Waals surface area contributed by atoms with Crippen LogP contribution in [0.1, 0.15) is 88.4 Å². The molecule has 0 aliphatic carbocycles. The van der Waals surface area contributed by atoms with Crippen LogP contribution in [0, 0.1) is 0 Å². The summed E-state index contributed by atoms with van der Waals surface area (Å²) in [5.41, 5.74) is -11.0. The van der Waals surface area contributed by atoms with Crippen molar-refractivity contribution in [2.24, 2.45) is 0 Å². The smallest absolute Gasteiger partial charge is 0.485 e. The number of unbranched alkanes of at least 4 members (excludes halogenated alkanes) is 9. The highest BCUT2D eigenvalue weighted by Gasteiger charge is 2.92. The fraction of sp³-hybridized carbons (Fsp3) is 0.750. The molecule has 42 heteroatoms. The van der Waals surface area contributed by atoms with Gasteiger partial charge in [-0.25, -0.2) is 26.0 Å². The Morgan fingerprint density at radius 3 is 0.732 bits per heavy atom. The van der Waals surface area contributed by atoms with Gasteiger partial charge in [0.2, 0.25) is 0 Å². The van der Waals surface area contributed by atoms with E-state index in [1.807, 2.05) is 0 Å². The van der Waals surface area contributed by atoms with E-state index < -0.39 is 129 Å². The van der Waals surface area contributed by atoms with E-state index in [2.05, 4.69) is 0 Å². The maximum Gasteiger partial charge on any atom is 0.485 e. The Balaban J connectivity index is 0.00000355. The Morgan fingerprint density at radius 1 is 0.317 bits per heavy atom. The molecule has 482 valence electrons. The summed E-state index contributed by atoms with van der Waals surface area (Å²) in [7, 11) is -12.2. The summed E-state index contributed by atoms with van der Waals surface area (Å²) in [6.45, 7) is -2.55. The van der Waals surface area contributed by atoms with Gasteiger partial charge in [-0.3, -0.25) is 0 Å². The van der Waals surface area contributed by atoms with Crippen LogP contribution in [0.2, 0.25) is 0 Å². The van der Waals surface area contributed by atoms with E-state index in [0.717, 1.165) is 21.5 Å². The second-order valence-electron chi connectivity index (χ2n) is 17.1. The van der Waals surface area contributed by atoms with Gasteiger partial charge in [0, 0.05) is 37.1 Å². The standard InChI is InChI=1S/C38H40F26N2.2CHF3O3S/c39-27(40,29(43,44)31(47,48)33(51,52)35(55,56)37(59,60)61)19-23-65-21-13-11-17-25(65)15-9-7-5-3-1-2-4-6-8-10-16-26-18-12-14-22-66(26)24-20-28(41,42)30(45,46)32(49,50)34(53,54)36(57,58)38(62,63)64;2*2-1(3,4)8(5,6)7/h11-14,17-18,21-22H,1-10,15-16,19-20,23-24H2;2*(H,5,6,7)/q+2;;/p-2. The van der Waals surface area contributed by atoms with Crippen LogP contribution in [-0.4, -0.2) is 109 Å². The fourth-order valence-electron chi connectivity index (χ4n) is 6.38. The van der Waals surface area contributed by atoms with Gasteiger partial charge in [-0.05, 0) is 12.8 Å². The molecule has 0 N–H and O–H groups in total.